The summed E-state index contributed by atoms with van der Waals surface area (Å²) in [6.45, 7) is 11.8. The fourth-order valence-corrected chi connectivity index (χ4v) is 4.37. The molecular weight excluding hydrogens is 420 g/mol. The minimum absolute atomic E-state index is 0.120. The lowest BCUT2D eigenvalue weighted by Crippen LogP contribution is -2.34. The topological polar surface area (TPSA) is 85.2 Å². The number of methoxy groups -OCH3 is 2. The van der Waals surface area contributed by atoms with E-state index in [2.05, 4.69) is 34.6 Å². The van der Waals surface area contributed by atoms with Crippen molar-refractivity contribution in [2.45, 2.75) is 72.8 Å². The fourth-order valence-electron chi connectivity index (χ4n) is 4.37. The van der Waals surface area contributed by atoms with E-state index in [4.69, 9.17) is 14.2 Å². The van der Waals surface area contributed by atoms with Crippen LogP contribution in [0.1, 0.15) is 65.9 Å². The van der Waals surface area contributed by atoms with Crippen molar-refractivity contribution in [3.63, 3.8) is 0 Å². The molecular formula is C27H46O6. The number of aliphatic hydroxyl groups excluding tert-OH is 1. The van der Waals surface area contributed by atoms with Crippen LogP contribution in [-0.2, 0) is 16.0 Å². The van der Waals surface area contributed by atoms with Crippen LogP contribution in [0.3, 0.4) is 0 Å². The van der Waals surface area contributed by atoms with Crippen molar-refractivity contribution in [1.82, 2.24) is 0 Å². The van der Waals surface area contributed by atoms with Gasteiger partial charge in [-0.2, -0.15) is 0 Å². The highest BCUT2D eigenvalue weighted by molar-refractivity contribution is 5.70. The molecule has 6 heteroatoms. The quantitative estimate of drug-likeness (QED) is 0.297. The first-order valence-electron chi connectivity index (χ1n) is 12.3. The molecule has 4 atom stereocenters. The van der Waals surface area contributed by atoms with Crippen LogP contribution < -0.4 is 9.47 Å². The molecule has 0 spiro atoms. The molecule has 0 fully saturated rings. The van der Waals surface area contributed by atoms with Crippen LogP contribution in [0.2, 0.25) is 0 Å². The van der Waals surface area contributed by atoms with Gasteiger partial charge < -0.3 is 24.4 Å². The van der Waals surface area contributed by atoms with Crippen molar-refractivity contribution in [1.29, 1.82) is 0 Å². The van der Waals surface area contributed by atoms with Crippen LogP contribution in [0, 0.1) is 29.6 Å². The third kappa shape index (κ3) is 9.93. The summed E-state index contributed by atoms with van der Waals surface area (Å²) in [4.78, 5) is 12.1. The van der Waals surface area contributed by atoms with E-state index in [1.165, 1.54) is 0 Å². The Morgan fingerprint density at radius 3 is 2.15 bits per heavy atom. The molecule has 0 amide bonds. The summed E-state index contributed by atoms with van der Waals surface area (Å²) in [7, 11) is 3.29. The van der Waals surface area contributed by atoms with Crippen LogP contribution >= 0.6 is 0 Å². The Labute approximate surface area is 200 Å². The number of carbonyl (C=O) groups is 1. The maximum atomic E-state index is 12.1. The summed E-state index contributed by atoms with van der Waals surface area (Å²) in [6.07, 6.45) is 2.57. The monoisotopic (exact) mass is 466 g/mol. The van der Waals surface area contributed by atoms with Gasteiger partial charge in [-0.05, 0) is 60.6 Å². The van der Waals surface area contributed by atoms with E-state index in [0.717, 1.165) is 18.4 Å². The first-order chi connectivity index (χ1) is 15.6. The molecule has 0 saturated heterocycles. The molecule has 190 valence electrons. The zero-order valence-corrected chi connectivity index (χ0v) is 21.7. The average molecular weight is 467 g/mol. The number of aliphatic carboxylic acids is 1. The lowest BCUT2D eigenvalue weighted by Gasteiger charge is -2.30. The third-order valence-electron chi connectivity index (χ3n) is 6.77. The second kappa shape index (κ2) is 15.2. The summed E-state index contributed by atoms with van der Waals surface area (Å²) in [6, 6.07) is 5.89. The molecule has 1 rings (SSSR count). The van der Waals surface area contributed by atoms with Gasteiger partial charge in [0.25, 0.3) is 0 Å². The average Bonchev–Trinajstić information content (AvgIpc) is 2.77. The molecule has 33 heavy (non-hydrogen) atoms. The van der Waals surface area contributed by atoms with E-state index in [1.807, 2.05) is 18.2 Å². The minimum Gasteiger partial charge on any atom is -0.493 e. The van der Waals surface area contributed by atoms with Crippen molar-refractivity contribution in [3.05, 3.63) is 23.8 Å². The maximum Gasteiger partial charge on any atom is 0.309 e. The fraction of sp³-hybridized carbons (Fsp3) is 0.741. The number of hydrogen-bond donors (Lipinski definition) is 2. The minimum atomic E-state index is -0.913. The number of carboxylic acid groups (broad SMARTS) is 1. The number of benzene rings is 1. The predicted molar refractivity (Wildman–Crippen MR) is 132 cm³/mol. The van der Waals surface area contributed by atoms with Crippen molar-refractivity contribution in [3.8, 4) is 11.5 Å². The molecule has 0 saturated carbocycles. The molecule has 1 aromatic carbocycles. The van der Waals surface area contributed by atoms with Crippen LogP contribution in [0.4, 0.5) is 0 Å². The summed E-state index contributed by atoms with van der Waals surface area (Å²) < 4.78 is 16.4. The van der Waals surface area contributed by atoms with Gasteiger partial charge in [-0.25, -0.2) is 0 Å². The van der Waals surface area contributed by atoms with E-state index >= 15 is 0 Å². The third-order valence-corrected chi connectivity index (χ3v) is 6.77. The Bertz CT molecular complexity index is 687. The largest absolute Gasteiger partial charge is 0.493 e. The summed E-state index contributed by atoms with van der Waals surface area (Å²) >= 11 is 0. The van der Waals surface area contributed by atoms with Crippen molar-refractivity contribution < 1.29 is 29.2 Å². The van der Waals surface area contributed by atoms with Gasteiger partial charge in [0, 0.05) is 20.1 Å². The predicted octanol–water partition coefficient (Wildman–Crippen LogP) is 5.45. The second-order valence-corrected chi connectivity index (χ2v) is 9.78. The molecule has 2 N–H and O–H groups in total. The summed E-state index contributed by atoms with van der Waals surface area (Å²) in [5, 5.41) is 20.8. The number of carboxylic acids is 1. The van der Waals surface area contributed by atoms with E-state index in [1.54, 1.807) is 14.2 Å². The molecule has 4 unspecified atom stereocenters. The van der Waals surface area contributed by atoms with Crippen LogP contribution in [0.15, 0.2) is 18.2 Å². The molecule has 0 aliphatic heterocycles. The number of ether oxygens (including phenoxy) is 3. The van der Waals surface area contributed by atoms with Gasteiger partial charge in [0.05, 0.1) is 25.7 Å². The van der Waals surface area contributed by atoms with Gasteiger partial charge in [0.15, 0.2) is 11.5 Å². The number of hydrogen-bond acceptors (Lipinski definition) is 5. The van der Waals surface area contributed by atoms with Gasteiger partial charge in [0.2, 0.25) is 0 Å². The van der Waals surface area contributed by atoms with Gasteiger partial charge in [-0.3, -0.25) is 4.79 Å². The summed E-state index contributed by atoms with van der Waals surface area (Å²) in [5.74, 6) is 0.813. The molecule has 6 nitrogen and oxygen atoms in total. The Morgan fingerprint density at radius 1 is 0.970 bits per heavy atom. The highest BCUT2D eigenvalue weighted by Crippen LogP contribution is 2.33. The Balaban J connectivity index is 2.97. The standard InChI is InChI=1S/C27H46O6/c1-8-21(18(2)3)17-24(28)23(27(29)30)16-22(19(4)5)14-20-10-11-25(32-7)26(15-20)33-13-9-12-31-6/h10-11,15,18-19,21-24,28H,8-9,12-14,16-17H2,1-7H3,(H,29,30). The lowest BCUT2D eigenvalue weighted by molar-refractivity contribution is -0.147. The molecule has 0 aliphatic carbocycles. The lowest BCUT2D eigenvalue weighted by atomic mass is 9.77. The maximum absolute atomic E-state index is 12.1. The molecule has 0 radical (unpaired) electrons. The zero-order valence-electron chi connectivity index (χ0n) is 21.7. The van der Waals surface area contributed by atoms with Gasteiger partial charge in [0.1, 0.15) is 0 Å². The van der Waals surface area contributed by atoms with Crippen molar-refractivity contribution in [2.75, 3.05) is 27.4 Å². The molecule has 0 heterocycles. The van der Waals surface area contributed by atoms with Gasteiger partial charge >= 0.3 is 5.97 Å². The van der Waals surface area contributed by atoms with Gasteiger partial charge in [-0.1, -0.05) is 47.1 Å². The number of rotatable bonds is 17. The van der Waals surface area contributed by atoms with Crippen molar-refractivity contribution in [2.24, 2.45) is 29.6 Å². The van der Waals surface area contributed by atoms with E-state index in [-0.39, 0.29) is 11.8 Å². The SMILES string of the molecule is CCC(CC(O)C(CC(Cc1ccc(OC)c(OCCCOC)c1)C(C)C)C(=O)O)C(C)C. The highest BCUT2D eigenvalue weighted by Gasteiger charge is 2.32. The molecule has 0 aliphatic rings. The smallest absolute Gasteiger partial charge is 0.309 e. The molecule has 1 aromatic rings. The Hall–Kier alpha value is -1.79. The van der Waals surface area contributed by atoms with Crippen molar-refractivity contribution >= 4 is 5.97 Å². The first kappa shape index (κ1) is 29.2. The van der Waals surface area contributed by atoms with Gasteiger partial charge in [-0.15, -0.1) is 0 Å². The molecule has 0 aromatic heterocycles. The van der Waals surface area contributed by atoms with Crippen LogP contribution in [0.5, 0.6) is 11.5 Å². The highest BCUT2D eigenvalue weighted by atomic mass is 16.5. The Kier molecular flexibility index (Phi) is 13.4. The van der Waals surface area contributed by atoms with Crippen LogP contribution in [-0.4, -0.2) is 49.7 Å². The Morgan fingerprint density at radius 2 is 1.64 bits per heavy atom. The second-order valence-electron chi connectivity index (χ2n) is 9.78. The van der Waals surface area contributed by atoms with E-state index < -0.39 is 18.0 Å². The number of aliphatic hydroxyl groups is 1. The zero-order chi connectivity index (χ0) is 25.0. The molecule has 0 bridgehead atoms. The van der Waals surface area contributed by atoms with E-state index in [0.29, 0.717) is 55.8 Å². The van der Waals surface area contributed by atoms with E-state index in [9.17, 15) is 15.0 Å². The first-order valence-corrected chi connectivity index (χ1v) is 12.3. The normalized spacial score (nSPS) is 15.3. The van der Waals surface area contributed by atoms with Crippen LogP contribution in [0.25, 0.3) is 0 Å². The summed E-state index contributed by atoms with van der Waals surface area (Å²) in [5.41, 5.74) is 1.07.